The quantitative estimate of drug-likeness (QED) is 0.804. The van der Waals surface area contributed by atoms with E-state index in [1.807, 2.05) is 33.5 Å². The summed E-state index contributed by atoms with van der Waals surface area (Å²) in [6.45, 7) is 5.57. The van der Waals surface area contributed by atoms with Gasteiger partial charge in [-0.15, -0.1) is 0 Å². The Morgan fingerprint density at radius 1 is 1.47 bits per heavy atom. The van der Waals surface area contributed by atoms with Crippen LogP contribution in [0.2, 0.25) is 0 Å². The maximum absolute atomic E-state index is 5.68. The molecule has 19 heavy (non-hydrogen) atoms. The van der Waals surface area contributed by atoms with Gasteiger partial charge in [0, 0.05) is 19.3 Å². The van der Waals surface area contributed by atoms with Crippen LogP contribution in [0.5, 0.6) is 0 Å². The van der Waals surface area contributed by atoms with Gasteiger partial charge in [-0.3, -0.25) is 9.30 Å². The molecular weight excluding hydrogens is 260 g/mol. The zero-order chi connectivity index (χ0) is 13.2. The van der Waals surface area contributed by atoms with E-state index in [0.29, 0.717) is 6.10 Å². The van der Waals surface area contributed by atoms with Crippen molar-refractivity contribution >= 4 is 17.9 Å². The number of nitrogens with zero attached hydrogens (tertiary/aromatic N) is 4. The van der Waals surface area contributed by atoms with Gasteiger partial charge in [0.1, 0.15) is 0 Å². The SMILES string of the molecule is CC[C@@H]1CN(Cn2nc3ccccn3c2=S)CCO1. The van der Waals surface area contributed by atoms with Gasteiger partial charge in [-0.2, -0.15) is 5.10 Å². The fourth-order valence-electron chi connectivity index (χ4n) is 2.41. The molecule has 6 heteroatoms. The monoisotopic (exact) mass is 278 g/mol. The largest absolute Gasteiger partial charge is 0.376 e. The first-order valence-electron chi connectivity index (χ1n) is 6.66. The molecule has 0 bridgehead atoms. The minimum absolute atomic E-state index is 0.333. The van der Waals surface area contributed by atoms with Crippen LogP contribution in [-0.2, 0) is 11.4 Å². The first kappa shape index (κ1) is 12.8. The Morgan fingerprint density at radius 2 is 2.37 bits per heavy atom. The molecule has 0 amide bonds. The van der Waals surface area contributed by atoms with Gasteiger partial charge in [-0.25, -0.2) is 4.68 Å². The third-order valence-electron chi connectivity index (χ3n) is 3.50. The van der Waals surface area contributed by atoms with Gasteiger partial charge in [0.05, 0.1) is 19.4 Å². The molecule has 0 spiro atoms. The average molecular weight is 278 g/mol. The first-order valence-corrected chi connectivity index (χ1v) is 7.07. The summed E-state index contributed by atoms with van der Waals surface area (Å²) < 4.78 is 10.3. The molecule has 1 aliphatic rings. The summed E-state index contributed by atoms with van der Waals surface area (Å²) in [6.07, 6.45) is 3.34. The summed E-state index contributed by atoms with van der Waals surface area (Å²) in [5.74, 6) is 0. The van der Waals surface area contributed by atoms with E-state index in [9.17, 15) is 0 Å². The zero-order valence-corrected chi connectivity index (χ0v) is 11.8. The van der Waals surface area contributed by atoms with Crippen molar-refractivity contribution in [2.45, 2.75) is 26.1 Å². The fraction of sp³-hybridized carbons (Fsp3) is 0.538. The number of hydrogen-bond acceptors (Lipinski definition) is 4. The van der Waals surface area contributed by atoms with Crippen LogP contribution in [0, 0.1) is 4.77 Å². The third kappa shape index (κ3) is 2.56. The molecule has 1 aliphatic heterocycles. The van der Waals surface area contributed by atoms with Crippen LogP contribution in [0.1, 0.15) is 13.3 Å². The lowest BCUT2D eigenvalue weighted by Crippen LogP contribution is -2.43. The molecule has 0 radical (unpaired) electrons. The third-order valence-corrected chi connectivity index (χ3v) is 3.91. The molecule has 0 aliphatic carbocycles. The lowest BCUT2D eigenvalue weighted by atomic mass is 10.2. The molecule has 2 aromatic heterocycles. The summed E-state index contributed by atoms with van der Waals surface area (Å²) in [6, 6.07) is 5.92. The van der Waals surface area contributed by atoms with E-state index in [2.05, 4.69) is 16.9 Å². The van der Waals surface area contributed by atoms with Gasteiger partial charge in [0.2, 0.25) is 4.77 Å². The van der Waals surface area contributed by atoms with Crippen LogP contribution in [0.25, 0.3) is 5.65 Å². The molecule has 3 rings (SSSR count). The van der Waals surface area contributed by atoms with Crippen molar-refractivity contribution in [2.24, 2.45) is 0 Å². The van der Waals surface area contributed by atoms with Gasteiger partial charge in [-0.05, 0) is 30.8 Å². The predicted octanol–water partition coefficient (Wildman–Crippen LogP) is 1.93. The van der Waals surface area contributed by atoms with E-state index in [1.54, 1.807) is 0 Å². The summed E-state index contributed by atoms with van der Waals surface area (Å²) >= 11 is 5.46. The van der Waals surface area contributed by atoms with Gasteiger partial charge in [0.15, 0.2) is 5.65 Å². The molecule has 3 heterocycles. The van der Waals surface area contributed by atoms with Crippen molar-refractivity contribution in [3.63, 3.8) is 0 Å². The van der Waals surface area contributed by atoms with Crippen molar-refractivity contribution in [1.82, 2.24) is 19.1 Å². The number of ether oxygens (including phenoxy) is 1. The van der Waals surface area contributed by atoms with Crippen LogP contribution in [-0.4, -0.2) is 44.9 Å². The average Bonchev–Trinajstić information content (AvgIpc) is 2.76. The Hall–Kier alpha value is -1.24. The summed E-state index contributed by atoms with van der Waals surface area (Å²) in [5.41, 5.74) is 0.896. The minimum Gasteiger partial charge on any atom is -0.376 e. The van der Waals surface area contributed by atoms with Crippen LogP contribution in [0.4, 0.5) is 0 Å². The molecule has 2 aromatic rings. The van der Waals surface area contributed by atoms with Crippen molar-refractivity contribution in [3.05, 3.63) is 29.2 Å². The highest BCUT2D eigenvalue weighted by molar-refractivity contribution is 7.71. The second kappa shape index (κ2) is 5.40. The van der Waals surface area contributed by atoms with Crippen molar-refractivity contribution in [1.29, 1.82) is 0 Å². The maximum Gasteiger partial charge on any atom is 0.203 e. The maximum atomic E-state index is 5.68. The van der Waals surface area contributed by atoms with Gasteiger partial charge >= 0.3 is 0 Å². The first-order chi connectivity index (χ1) is 9.28. The van der Waals surface area contributed by atoms with Crippen molar-refractivity contribution in [3.8, 4) is 0 Å². The number of rotatable bonds is 3. The standard InChI is InChI=1S/C13H18N4OS/c1-2-11-9-15(7-8-18-11)10-17-13(19)16-6-4-3-5-12(16)14-17/h3-6,11H,2,7-10H2,1H3/t11-/m1/s1. The van der Waals surface area contributed by atoms with Gasteiger partial charge in [-0.1, -0.05) is 13.0 Å². The Balaban J connectivity index is 1.81. The van der Waals surface area contributed by atoms with E-state index >= 15 is 0 Å². The van der Waals surface area contributed by atoms with E-state index in [1.165, 1.54) is 0 Å². The van der Waals surface area contributed by atoms with E-state index in [-0.39, 0.29) is 0 Å². The van der Waals surface area contributed by atoms with Crippen molar-refractivity contribution < 1.29 is 4.74 Å². The van der Waals surface area contributed by atoms with Gasteiger partial charge in [0.25, 0.3) is 0 Å². The van der Waals surface area contributed by atoms with Crippen LogP contribution >= 0.6 is 12.2 Å². The highest BCUT2D eigenvalue weighted by Gasteiger charge is 2.19. The number of fused-ring (bicyclic) bond motifs is 1. The molecule has 0 aromatic carbocycles. The van der Waals surface area contributed by atoms with E-state index in [4.69, 9.17) is 17.0 Å². The van der Waals surface area contributed by atoms with Gasteiger partial charge < -0.3 is 4.74 Å². The second-order valence-corrected chi connectivity index (χ2v) is 5.20. The minimum atomic E-state index is 0.333. The van der Waals surface area contributed by atoms with Crippen LogP contribution in [0.15, 0.2) is 24.4 Å². The predicted molar refractivity (Wildman–Crippen MR) is 75.6 cm³/mol. The summed E-state index contributed by atoms with van der Waals surface area (Å²) in [7, 11) is 0. The number of aromatic nitrogens is 3. The second-order valence-electron chi connectivity index (χ2n) is 4.83. The smallest absolute Gasteiger partial charge is 0.203 e. The van der Waals surface area contributed by atoms with E-state index < -0.39 is 0 Å². The molecule has 1 saturated heterocycles. The molecule has 0 N–H and O–H groups in total. The van der Waals surface area contributed by atoms with Crippen LogP contribution in [0.3, 0.4) is 0 Å². The molecule has 102 valence electrons. The Morgan fingerprint density at radius 3 is 3.16 bits per heavy atom. The highest BCUT2D eigenvalue weighted by Crippen LogP contribution is 2.10. The summed E-state index contributed by atoms with van der Waals surface area (Å²) in [5, 5.41) is 4.55. The number of pyridine rings is 1. The topological polar surface area (TPSA) is 34.7 Å². The van der Waals surface area contributed by atoms with E-state index in [0.717, 1.165) is 43.2 Å². The molecule has 1 atom stereocenters. The van der Waals surface area contributed by atoms with Crippen molar-refractivity contribution in [2.75, 3.05) is 19.7 Å². The Labute approximate surface area is 117 Å². The lowest BCUT2D eigenvalue weighted by Gasteiger charge is -2.31. The normalized spacial score (nSPS) is 21.0. The molecule has 0 saturated carbocycles. The Bertz CT molecular complexity index is 620. The molecule has 1 fully saturated rings. The number of morpholine rings is 1. The number of hydrogen-bond donors (Lipinski definition) is 0. The summed E-state index contributed by atoms with van der Waals surface area (Å²) in [4.78, 5) is 2.35. The highest BCUT2D eigenvalue weighted by atomic mass is 32.1. The zero-order valence-electron chi connectivity index (χ0n) is 11.0. The van der Waals surface area contributed by atoms with Crippen LogP contribution < -0.4 is 0 Å². The molecule has 5 nitrogen and oxygen atoms in total. The lowest BCUT2D eigenvalue weighted by molar-refractivity contribution is -0.0412. The fourth-order valence-corrected chi connectivity index (χ4v) is 2.66. The molecular formula is C13H18N4OS. The Kier molecular flexibility index (Phi) is 3.63. The molecule has 0 unspecified atom stereocenters.